The number of carbonyl (C=O) groups is 1. The molecule has 2 aliphatic carbocycles. The molecule has 3 heteroatoms. The maximum Gasteiger partial charge on any atom is 0.306 e. The molecule has 80 valence electrons. The molecule has 2 aliphatic rings. The van der Waals surface area contributed by atoms with E-state index in [1.54, 1.807) is 0 Å². The summed E-state index contributed by atoms with van der Waals surface area (Å²) in [5.74, 6) is -0.323. The van der Waals surface area contributed by atoms with E-state index in [4.69, 9.17) is 10.5 Å². The van der Waals surface area contributed by atoms with Gasteiger partial charge in [0.1, 0.15) is 0 Å². The number of aliphatic carboxylic acids is 1. The maximum atomic E-state index is 10.7. The van der Waals surface area contributed by atoms with E-state index < -0.39 is 5.97 Å². The maximum absolute atomic E-state index is 10.7. The first-order valence-electron chi connectivity index (χ1n) is 5.28. The molecule has 2 N–H and O–H groups in total. The van der Waals surface area contributed by atoms with Crippen molar-refractivity contribution >= 4 is 11.7 Å². The van der Waals surface area contributed by atoms with E-state index in [0.29, 0.717) is 12.1 Å². The highest BCUT2D eigenvalue weighted by atomic mass is 16.4. The highest BCUT2D eigenvalue weighted by Crippen LogP contribution is 2.47. The Bertz CT molecular complexity index is 368. The predicted octanol–water partition coefficient (Wildman–Crippen LogP) is 2.25. The third-order valence-electron chi connectivity index (χ3n) is 3.33. The average Bonchev–Trinajstić information content (AvgIpc) is 2.97. The number of nitrogens with one attached hydrogen (secondary N) is 1. The molecule has 0 aliphatic heterocycles. The molecule has 0 aromatic carbocycles. The van der Waals surface area contributed by atoms with Crippen LogP contribution in [0.4, 0.5) is 0 Å². The van der Waals surface area contributed by atoms with Crippen molar-refractivity contribution in [2.24, 2.45) is 17.8 Å². The third-order valence-corrected chi connectivity index (χ3v) is 3.33. The summed E-state index contributed by atoms with van der Waals surface area (Å²) in [4.78, 5) is 10.7. The molecule has 0 aromatic rings. The second-order valence-electron chi connectivity index (χ2n) is 4.29. The van der Waals surface area contributed by atoms with Crippen LogP contribution >= 0.6 is 0 Å². The van der Waals surface area contributed by atoms with Gasteiger partial charge in [0, 0.05) is 5.71 Å². The van der Waals surface area contributed by atoms with E-state index in [1.807, 2.05) is 19.1 Å². The minimum atomic E-state index is -0.684. The van der Waals surface area contributed by atoms with E-state index in [1.165, 1.54) is 0 Å². The van der Waals surface area contributed by atoms with Gasteiger partial charge in [0.25, 0.3) is 0 Å². The van der Waals surface area contributed by atoms with Crippen molar-refractivity contribution in [1.82, 2.24) is 0 Å². The number of hydrogen-bond acceptors (Lipinski definition) is 2. The highest BCUT2D eigenvalue weighted by Gasteiger charge is 2.47. The SMILES string of the molecule is C/C=C1/C=CC(C2CC2C(=O)O)CC1=N. The van der Waals surface area contributed by atoms with E-state index >= 15 is 0 Å². The van der Waals surface area contributed by atoms with Crippen LogP contribution in [-0.4, -0.2) is 16.8 Å². The molecular formula is C12H15NO2. The van der Waals surface area contributed by atoms with Crippen molar-refractivity contribution in [3.8, 4) is 0 Å². The van der Waals surface area contributed by atoms with Crippen molar-refractivity contribution < 1.29 is 9.90 Å². The molecule has 3 atom stereocenters. The lowest BCUT2D eigenvalue weighted by molar-refractivity contribution is -0.138. The quantitative estimate of drug-likeness (QED) is 0.726. The van der Waals surface area contributed by atoms with Crippen LogP contribution in [0.5, 0.6) is 0 Å². The molecule has 0 bridgehead atoms. The van der Waals surface area contributed by atoms with Gasteiger partial charge in [-0.05, 0) is 37.2 Å². The topological polar surface area (TPSA) is 61.1 Å². The fraction of sp³-hybridized carbons (Fsp3) is 0.500. The van der Waals surface area contributed by atoms with Crippen LogP contribution in [0.1, 0.15) is 19.8 Å². The zero-order valence-corrected chi connectivity index (χ0v) is 8.73. The monoisotopic (exact) mass is 205 g/mol. The zero-order chi connectivity index (χ0) is 11.0. The van der Waals surface area contributed by atoms with Gasteiger partial charge < -0.3 is 10.5 Å². The largest absolute Gasteiger partial charge is 0.481 e. The average molecular weight is 205 g/mol. The number of rotatable bonds is 2. The van der Waals surface area contributed by atoms with Crippen molar-refractivity contribution in [1.29, 1.82) is 5.41 Å². The number of hydrogen-bond donors (Lipinski definition) is 2. The van der Waals surface area contributed by atoms with Gasteiger partial charge in [0.15, 0.2) is 0 Å². The molecule has 1 saturated carbocycles. The Morgan fingerprint density at radius 1 is 1.67 bits per heavy atom. The molecule has 0 amide bonds. The first-order chi connectivity index (χ1) is 7.13. The fourth-order valence-corrected chi connectivity index (χ4v) is 2.29. The Kier molecular flexibility index (Phi) is 2.47. The van der Waals surface area contributed by atoms with Gasteiger partial charge in [-0.1, -0.05) is 18.2 Å². The molecule has 1 fully saturated rings. The molecule has 0 radical (unpaired) electrons. The van der Waals surface area contributed by atoms with E-state index in [2.05, 4.69) is 6.08 Å². The molecule has 3 nitrogen and oxygen atoms in total. The Labute approximate surface area is 89.0 Å². The zero-order valence-electron chi connectivity index (χ0n) is 8.73. The Morgan fingerprint density at radius 3 is 2.87 bits per heavy atom. The molecular weight excluding hydrogens is 190 g/mol. The smallest absolute Gasteiger partial charge is 0.306 e. The van der Waals surface area contributed by atoms with Crippen molar-refractivity contribution in [3.05, 3.63) is 23.8 Å². The van der Waals surface area contributed by atoms with Crippen LogP contribution in [0.15, 0.2) is 23.8 Å². The predicted molar refractivity (Wildman–Crippen MR) is 58.0 cm³/mol. The van der Waals surface area contributed by atoms with E-state index in [0.717, 1.165) is 12.0 Å². The summed E-state index contributed by atoms with van der Waals surface area (Å²) in [6.45, 7) is 1.92. The van der Waals surface area contributed by atoms with Gasteiger partial charge in [-0.25, -0.2) is 0 Å². The highest BCUT2D eigenvalue weighted by molar-refractivity contribution is 6.01. The van der Waals surface area contributed by atoms with Crippen LogP contribution < -0.4 is 0 Å². The van der Waals surface area contributed by atoms with E-state index in [-0.39, 0.29) is 17.8 Å². The second kappa shape index (κ2) is 3.65. The lowest BCUT2D eigenvalue weighted by Gasteiger charge is -2.18. The Morgan fingerprint density at radius 2 is 2.40 bits per heavy atom. The van der Waals surface area contributed by atoms with Gasteiger partial charge in [0.2, 0.25) is 0 Å². The first-order valence-corrected chi connectivity index (χ1v) is 5.28. The normalized spacial score (nSPS) is 37.0. The second-order valence-corrected chi connectivity index (χ2v) is 4.29. The number of allylic oxidation sites excluding steroid dienone is 4. The fourth-order valence-electron chi connectivity index (χ4n) is 2.29. The van der Waals surface area contributed by atoms with Gasteiger partial charge in [0.05, 0.1) is 5.92 Å². The Balaban J connectivity index is 2.04. The number of carboxylic acid groups (broad SMARTS) is 1. The van der Waals surface area contributed by atoms with Crippen molar-refractivity contribution in [3.63, 3.8) is 0 Å². The summed E-state index contributed by atoms with van der Waals surface area (Å²) < 4.78 is 0. The summed E-state index contributed by atoms with van der Waals surface area (Å²) in [6, 6.07) is 0. The third kappa shape index (κ3) is 1.87. The lowest BCUT2D eigenvalue weighted by atomic mass is 9.87. The molecule has 2 rings (SSSR count). The molecule has 0 saturated heterocycles. The summed E-state index contributed by atoms with van der Waals surface area (Å²) >= 11 is 0. The van der Waals surface area contributed by atoms with Crippen molar-refractivity contribution in [2.75, 3.05) is 0 Å². The van der Waals surface area contributed by atoms with Gasteiger partial charge in [-0.2, -0.15) is 0 Å². The standard InChI is InChI=1S/C12H15NO2/c1-2-7-3-4-8(5-11(7)13)9-6-10(9)12(14)15/h2-4,8-10,13H,5-6H2,1H3,(H,14,15)/b7-2-,13-11?. The molecule has 0 spiro atoms. The minimum absolute atomic E-state index is 0.167. The van der Waals surface area contributed by atoms with E-state index in [9.17, 15) is 4.79 Å². The molecule has 0 heterocycles. The summed E-state index contributed by atoms with van der Waals surface area (Å²) in [6.07, 6.45) is 7.43. The minimum Gasteiger partial charge on any atom is -0.481 e. The first kappa shape index (κ1) is 10.1. The van der Waals surface area contributed by atoms with Crippen LogP contribution in [-0.2, 0) is 4.79 Å². The summed E-state index contributed by atoms with van der Waals surface area (Å²) in [5, 5.41) is 16.6. The van der Waals surface area contributed by atoms with Gasteiger partial charge >= 0.3 is 5.97 Å². The van der Waals surface area contributed by atoms with Crippen LogP contribution in [0.2, 0.25) is 0 Å². The Hall–Kier alpha value is -1.38. The summed E-state index contributed by atoms with van der Waals surface area (Å²) in [7, 11) is 0. The van der Waals surface area contributed by atoms with Crippen LogP contribution in [0.25, 0.3) is 0 Å². The van der Waals surface area contributed by atoms with Crippen molar-refractivity contribution in [2.45, 2.75) is 19.8 Å². The molecule has 15 heavy (non-hydrogen) atoms. The number of carboxylic acids is 1. The summed E-state index contributed by atoms with van der Waals surface area (Å²) in [5.41, 5.74) is 1.61. The lowest BCUT2D eigenvalue weighted by Crippen LogP contribution is -2.16. The van der Waals surface area contributed by atoms with Gasteiger partial charge in [-0.3, -0.25) is 4.79 Å². The van der Waals surface area contributed by atoms with Crippen LogP contribution in [0, 0.1) is 23.2 Å². The molecule has 3 unspecified atom stereocenters. The molecule has 0 aromatic heterocycles. The van der Waals surface area contributed by atoms with Gasteiger partial charge in [-0.15, -0.1) is 0 Å². The van der Waals surface area contributed by atoms with Crippen LogP contribution in [0.3, 0.4) is 0 Å².